The van der Waals surface area contributed by atoms with Gasteiger partial charge in [0.1, 0.15) is 0 Å². The third kappa shape index (κ3) is 4.09. The standard InChI is InChI=1S/C20H24/c1-16(2)8-6-9-17(3)14-15-19-12-7-11-18-10-4-5-13-20(18)19/h4-5,7-8,10-14H,6,9,15H2,1-3H3. The molecule has 0 aliphatic carbocycles. The van der Waals surface area contributed by atoms with Crippen LogP contribution in [0.15, 0.2) is 65.8 Å². The van der Waals surface area contributed by atoms with E-state index in [1.807, 2.05) is 0 Å². The van der Waals surface area contributed by atoms with Gasteiger partial charge in [0.05, 0.1) is 0 Å². The van der Waals surface area contributed by atoms with Crippen LogP contribution >= 0.6 is 0 Å². The number of hydrogen-bond acceptors (Lipinski definition) is 0. The summed E-state index contributed by atoms with van der Waals surface area (Å²) in [6.45, 7) is 6.56. The molecule has 0 amide bonds. The Morgan fingerprint density at radius 1 is 0.900 bits per heavy atom. The average Bonchev–Trinajstić information content (AvgIpc) is 2.44. The summed E-state index contributed by atoms with van der Waals surface area (Å²) in [7, 11) is 0. The van der Waals surface area contributed by atoms with E-state index in [0.717, 1.165) is 19.3 Å². The molecular weight excluding hydrogens is 240 g/mol. The van der Waals surface area contributed by atoms with Crippen LogP contribution in [-0.2, 0) is 6.42 Å². The highest BCUT2D eigenvalue weighted by Gasteiger charge is 1.98. The molecule has 0 heteroatoms. The Kier molecular flexibility index (Phi) is 5.17. The second-order valence-corrected chi connectivity index (χ2v) is 5.71. The second kappa shape index (κ2) is 7.09. The lowest BCUT2D eigenvalue weighted by molar-refractivity contribution is 0.956. The molecule has 0 radical (unpaired) electrons. The average molecular weight is 264 g/mol. The van der Waals surface area contributed by atoms with Gasteiger partial charge in [0.15, 0.2) is 0 Å². The van der Waals surface area contributed by atoms with Crippen LogP contribution in [0.1, 0.15) is 39.2 Å². The van der Waals surface area contributed by atoms with Crippen molar-refractivity contribution in [2.45, 2.75) is 40.0 Å². The molecule has 0 nitrogen and oxygen atoms in total. The number of hydrogen-bond donors (Lipinski definition) is 0. The van der Waals surface area contributed by atoms with Gasteiger partial charge in [-0.15, -0.1) is 0 Å². The fourth-order valence-electron chi connectivity index (χ4n) is 2.45. The number of fused-ring (bicyclic) bond motifs is 1. The van der Waals surface area contributed by atoms with Gasteiger partial charge >= 0.3 is 0 Å². The van der Waals surface area contributed by atoms with E-state index in [9.17, 15) is 0 Å². The topological polar surface area (TPSA) is 0 Å². The first-order valence-electron chi connectivity index (χ1n) is 7.42. The molecule has 0 unspecified atom stereocenters. The number of allylic oxidation sites excluding steroid dienone is 4. The molecule has 0 heterocycles. The van der Waals surface area contributed by atoms with Crippen molar-refractivity contribution in [2.24, 2.45) is 0 Å². The summed E-state index contributed by atoms with van der Waals surface area (Å²) in [5.74, 6) is 0. The van der Waals surface area contributed by atoms with Gasteiger partial charge in [0.2, 0.25) is 0 Å². The van der Waals surface area contributed by atoms with Crippen LogP contribution < -0.4 is 0 Å². The van der Waals surface area contributed by atoms with Crippen molar-refractivity contribution in [1.82, 2.24) is 0 Å². The van der Waals surface area contributed by atoms with Crippen molar-refractivity contribution in [1.29, 1.82) is 0 Å². The van der Waals surface area contributed by atoms with Crippen molar-refractivity contribution in [3.8, 4) is 0 Å². The fraction of sp³-hybridized carbons (Fsp3) is 0.300. The van der Waals surface area contributed by atoms with Crippen LogP contribution in [0.2, 0.25) is 0 Å². The minimum Gasteiger partial charge on any atom is -0.0856 e. The highest BCUT2D eigenvalue weighted by Crippen LogP contribution is 2.20. The van der Waals surface area contributed by atoms with Crippen LogP contribution in [0.5, 0.6) is 0 Å². The first-order valence-corrected chi connectivity index (χ1v) is 7.42. The Hall–Kier alpha value is -1.82. The van der Waals surface area contributed by atoms with Crippen molar-refractivity contribution in [3.05, 3.63) is 71.3 Å². The molecule has 0 aliphatic heterocycles. The summed E-state index contributed by atoms with van der Waals surface area (Å²) in [5, 5.41) is 2.71. The minimum absolute atomic E-state index is 1.03. The maximum atomic E-state index is 2.38. The Morgan fingerprint density at radius 2 is 1.65 bits per heavy atom. The van der Waals surface area contributed by atoms with Crippen molar-refractivity contribution in [3.63, 3.8) is 0 Å². The van der Waals surface area contributed by atoms with E-state index >= 15 is 0 Å². The van der Waals surface area contributed by atoms with Gasteiger partial charge in [-0.2, -0.15) is 0 Å². The van der Waals surface area contributed by atoms with Gasteiger partial charge in [-0.1, -0.05) is 65.8 Å². The van der Waals surface area contributed by atoms with Gasteiger partial charge in [-0.3, -0.25) is 0 Å². The van der Waals surface area contributed by atoms with E-state index in [1.165, 1.54) is 27.5 Å². The predicted octanol–water partition coefficient (Wildman–Crippen LogP) is 6.08. The second-order valence-electron chi connectivity index (χ2n) is 5.71. The summed E-state index contributed by atoms with van der Waals surface area (Å²) < 4.78 is 0. The molecule has 0 fully saturated rings. The maximum Gasteiger partial charge on any atom is -0.00887 e. The smallest absolute Gasteiger partial charge is 0.00887 e. The maximum absolute atomic E-state index is 2.38. The molecule has 0 spiro atoms. The first kappa shape index (κ1) is 14.6. The van der Waals surface area contributed by atoms with E-state index in [1.54, 1.807) is 0 Å². The van der Waals surface area contributed by atoms with Gasteiger partial charge in [0, 0.05) is 0 Å². The van der Waals surface area contributed by atoms with Crippen molar-refractivity contribution in [2.75, 3.05) is 0 Å². The van der Waals surface area contributed by atoms with E-state index in [-0.39, 0.29) is 0 Å². The van der Waals surface area contributed by atoms with Crippen LogP contribution in [0, 0.1) is 0 Å². The highest BCUT2D eigenvalue weighted by molar-refractivity contribution is 5.85. The molecule has 2 aromatic rings. The van der Waals surface area contributed by atoms with Gasteiger partial charge < -0.3 is 0 Å². The summed E-state index contributed by atoms with van der Waals surface area (Å²) >= 11 is 0. The summed E-state index contributed by atoms with van der Waals surface area (Å²) in [5.41, 5.74) is 4.31. The number of benzene rings is 2. The summed E-state index contributed by atoms with van der Waals surface area (Å²) in [4.78, 5) is 0. The third-order valence-electron chi connectivity index (χ3n) is 3.64. The Labute approximate surface area is 122 Å². The molecule has 2 rings (SSSR count). The van der Waals surface area contributed by atoms with Crippen LogP contribution in [0.25, 0.3) is 10.8 Å². The SMILES string of the molecule is CC(C)=CCCC(C)=CCc1cccc2ccccc12. The lowest BCUT2D eigenvalue weighted by Gasteiger charge is -2.05. The molecule has 104 valence electrons. The lowest BCUT2D eigenvalue weighted by Crippen LogP contribution is -1.86. The molecule has 0 N–H and O–H groups in total. The lowest BCUT2D eigenvalue weighted by atomic mass is 10.0. The largest absolute Gasteiger partial charge is 0.0856 e. The molecule has 0 saturated carbocycles. The van der Waals surface area contributed by atoms with E-state index in [0.29, 0.717) is 0 Å². The zero-order chi connectivity index (χ0) is 14.4. The Bertz CT molecular complexity index is 620. The van der Waals surface area contributed by atoms with Gasteiger partial charge in [-0.25, -0.2) is 0 Å². The van der Waals surface area contributed by atoms with Gasteiger partial charge in [-0.05, 0) is 56.4 Å². The first-order chi connectivity index (χ1) is 9.66. The van der Waals surface area contributed by atoms with E-state index < -0.39 is 0 Å². The summed E-state index contributed by atoms with van der Waals surface area (Å²) in [6, 6.07) is 15.2. The molecule has 0 aliphatic rings. The molecule has 0 aromatic heterocycles. The monoisotopic (exact) mass is 264 g/mol. The molecule has 0 atom stereocenters. The zero-order valence-corrected chi connectivity index (χ0v) is 12.8. The van der Waals surface area contributed by atoms with Crippen LogP contribution in [0.4, 0.5) is 0 Å². The normalized spacial score (nSPS) is 11.7. The van der Waals surface area contributed by atoms with E-state index in [2.05, 4.69) is 75.4 Å². The van der Waals surface area contributed by atoms with Crippen molar-refractivity contribution >= 4 is 10.8 Å². The number of rotatable bonds is 5. The quantitative estimate of drug-likeness (QED) is 0.574. The fourth-order valence-corrected chi connectivity index (χ4v) is 2.45. The Balaban J connectivity index is 2.07. The summed E-state index contributed by atoms with van der Waals surface area (Å²) in [6.07, 6.45) is 8.04. The predicted molar refractivity (Wildman–Crippen MR) is 90.1 cm³/mol. The highest BCUT2D eigenvalue weighted by atomic mass is 14.0. The van der Waals surface area contributed by atoms with Crippen LogP contribution in [-0.4, -0.2) is 0 Å². The molecule has 0 saturated heterocycles. The van der Waals surface area contributed by atoms with Crippen LogP contribution in [0.3, 0.4) is 0 Å². The zero-order valence-electron chi connectivity index (χ0n) is 12.8. The third-order valence-corrected chi connectivity index (χ3v) is 3.64. The molecule has 0 bridgehead atoms. The Morgan fingerprint density at radius 3 is 2.45 bits per heavy atom. The molecule has 2 aromatic carbocycles. The molecular formula is C20H24. The van der Waals surface area contributed by atoms with Gasteiger partial charge in [0.25, 0.3) is 0 Å². The van der Waals surface area contributed by atoms with Crippen molar-refractivity contribution < 1.29 is 0 Å². The molecule has 20 heavy (non-hydrogen) atoms. The van der Waals surface area contributed by atoms with E-state index in [4.69, 9.17) is 0 Å². The minimum atomic E-state index is 1.03.